The molecule has 164 valence electrons. The third-order valence-corrected chi connectivity index (χ3v) is 6.48. The number of esters is 1. The van der Waals surface area contributed by atoms with E-state index in [0.29, 0.717) is 10.6 Å². The van der Waals surface area contributed by atoms with Crippen LogP contribution in [0.15, 0.2) is 47.6 Å². The molecule has 2 amide bonds. The van der Waals surface area contributed by atoms with Crippen molar-refractivity contribution < 1.29 is 19.1 Å². The number of aryl methyl sites for hydroxylation is 1. The van der Waals surface area contributed by atoms with E-state index < -0.39 is 17.8 Å². The number of anilines is 1. The number of rotatable bonds is 5. The van der Waals surface area contributed by atoms with Crippen molar-refractivity contribution in [3.8, 4) is 0 Å². The third kappa shape index (κ3) is 4.55. The number of carbonyl (C=O) groups excluding carboxylic acids is 3. The van der Waals surface area contributed by atoms with E-state index in [1.165, 1.54) is 17.6 Å². The van der Waals surface area contributed by atoms with Crippen LogP contribution in [0.3, 0.4) is 0 Å². The van der Waals surface area contributed by atoms with Gasteiger partial charge in [0.25, 0.3) is 0 Å². The molecule has 0 radical (unpaired) electrons. The van der Waals surface area contributed by atoms with Gasteiger partial charge in [-0.3, -0.25) is 9.59 Å². The molecule has 0 fully saturated rings. The minimum absolute atomic E-state index is 0.236. The summed E-state index contributed by atoms with van der Waals surface area (Å²) in [4.78, 5) is 38.3. The van der Waals surface area contributed by atoms with Crippen molar-refractivity contribution in [1.29, 1.82) is 0 Å². The van der Waals surface area contributed by atoms with Crippen LogP contribution in [-0.4, -0.2) is 30.6 Å². The monoisotopic (exact) mass is 449 g/mol. The van der Waals surface area contributed by atoms with Gasteiger partial charge >= 0.3 is 17.8 Å². The normalized spacial score (nSPS) is 13.0. The van der Waals surface area contributed by atoms with Crippen molar-refractivity contribution in [2.45, 2.75) is 32.6 Å². The highest BCUT2D eigenvalue weighted by atomic mass is 32.1. The zero-order valence-corrected chi connectivity index (χ0v) is 18.5. The second kappa shape index (κ2) is 9.74. The summed E-state index contributed by atoms with van der Waals surface area (Å²) >= 11 is 1.33. The Morgan fingerprint density at radius 3 is 2.69 bits per heavy atom. The number of nitrogens with zero attached hydrogens (tertiary/aromatic N) is 1. The van der Waals surface area contributed by atoms with Gasteiger partial charge in [-0.1, -0.05) is 42.5 Å². The van der Waals surface area contributed by atoms with Crippen molar-refractivity contribution in [2.75, 3.05) is 11.9 Å². The third-order valence-electron chi connectivity index (χ3n) is 5.28. The fourth-order valence-corrected chi connectivity index (χ4v) is 5.08. The summed E-state index contributed by atoms with van der Waals surface area (Å²) in [5.74, 6) is -2.27. The molecule has 1 heterocycles. The van der Waals surface area contributed by atoms with Crippen molar-refractivity contribution in [3.05, 3.63) is 64.0 Å². The molecule has 0 saturated carbocycles. The Morgan fingerprint density at radius 1 is 1.06 bits per heavy atom. The Balaban J connectivity index is 1.47. The molecule has 0 atom stereocenters. The van der Waals surface area contributed by atoms with Gasteiger partial charge in [0.15, 0.2) is 0 Å². The van der Waals surface area contributed by atoms with Gasteiger partial charge < -0.3 is 10.1 Å². The fourth-order valence-electron chi connectivity index (χ4n) is 3.81. The number of hydrogen-bond acceptors (Lipinski definition) is 6. The molecule has 0 spiro atoms. The first kappa shape index (κ1) is 21.7. The lowest BCUT2D eigenvalue weighted by Crippen LogP contribution is -2.32. The molecule has 7 nitrogen and oxygen atoms in total. The number of fused-ring (bicyclic) bond motifs is 2. The van der Waals surface area contributed by atoms with E-state index in [0.717, 1.165) is 52.5 Å². The summed E-state index contributed by atoms with van der Waals surface area (Å²) < 4.78 is 5.18. The van der Waals surface area contributed by atoms with Crippen molar-refractivity contribution in [1.82, 2.24) is 5.43 Å². The van der Waals surface area contributed by atoms with Crippen LogP contribution in [0.25, 0.3) is 10.8 Å². The molecule has 2 N–H and O–H groups in total. The maximum atomic E-state index is 12.5. The Kier molecular flexibility index (Phi) is 6.61. The van der Waals surface area contributed by atoms with Gasteiger partial charge in [0.1, 0.15) is 5.00 Å². The van der Waals surface area contributed by atoms with E-state index >= 15 is 0 Å². The van der Waals surface area contributed by atoms with E-state index in [1.807, 2.05) is 42.5 Å². The largest absolute Gasteiger partial charge is 0.462 e. The van der Waals surface area contributed by atoms with Gasteiger partial charge in [-0.25, -0.2) is 10.2 Å². The Labute approximate surface area is 189 Å². The van der Waals surface area contributed by atoms with E-state index in [9.17, 15) is 14.4 Å². The van der Waals surface area contributed by atoms with Crippen LogP contribution in [0.1, 0.15) is 46.1 Å². The minimum atomic E-state index is -0.914. The predicted molar refractivity (Wildman–Crippen MR) is 125 cm³/mol. The van der Waals surface area contributed by atoms with Crippen LogP contribution < -0.4 is 10.7 Å². The molecular formula is C24H23N3O4S. The number of benzene rings is 2. The average molecular weight is 450 g/mol. The molecule has 8 heteroatoms. The second-order valence-electron chi connectivity index (χ2n) is 7.36. The lowest BCUT2D eigenvalue weighted by molar-refractivity contribution is -0.136. The molecule has 1 aliphatic rings. The number of thiophene rings is 1. The fraction of sp³-hybridized carbons (Fsp3) is 0.250. The van der Waals surface area contributed by atoms with Crippen LogP contribution in [0.5, 0.6) is 0 Å². The first-order chi connectivity index (χ1) is 15.6. The number of hydrazone groups is 1. The van der Waals surface area contributed by atoms with Crippen molar-refractivity contribution in [3.63, 3.8) is 0 Å². The maximum Gasteiger partial charge on any atom is 0.341 e. The number of hydrogen-bond donors (Lipinski definition) is 2. The molecule has 1 aliphatic carbocycles. The highest BCUT2D eigenvalue weighted by molar-refractivity contribution is 7.17. The number of ether oxygens (including phenoxy) is 1. The Hall–Kier alpha value is -3.52. The van der Waals surface area contributed by atoms with Crippen LogP contribution >= 0.6 is 11.3 Å². The highest BCUT2D eigenvalue weighted by Crippen LogP contribution is 2.38. The van der Waals surface area contributed by atoms with Gasteiger partial charge in [-0.05, 0) is 48.9 Å². The van der Waals surface area contributed by atoms with Gasteiger partial charge in [-0.15, -0.1) is 11.3 Å². The molecule has 0 unspecified atom stereocenters. The quantitative estimate of drug-likeness (QED) is 0.266. The molecule has 0 aliphatic heterocycles. The molecule has 3 aromatic rings. The number of amides is 2. The van der Waals surface area contributed by atoms with Crippen LogP contribution in [0.2, 0.25) is 0 Å². The lowest BCUT2D eigenvalue weighted by atomic mass is 9.95. The molecule has 4 rings (SSSR count). The van der Waals surface area contributed by atoms with Crippen molar-refractivity contribution >= 4 is 51.1 Å². The topological polar surface area (TPSA) is 96.9 Å². The van der Waals surface area contributed by atoms with Crippen LogP contribution in [0.4, 0.5) is 5.00 Å². The SMILES string of the molecule is CCOC(=O)c1c(NC(=O)C(=O)N/N=C\c2cccc3ccccc23)sc2c1CCCC2. The van der Waals surface area contributed by atoms with E-state index in [4.69, 9.17) is 4.74 Å². The summed E-state index contributed by atoms with van der Waals surface area (Å²) in [7, 11) is 0. The lowest BCUT2D eigenvalue weighted by Gasteiger charge is -2.12. The molecular weight excluding hydrogens is 426 g/mol. The summed E-state index contributed by atoms with van der Waals surface area (Å²) in [5, 5.41) is 8.90. The average Bonchev–Trinajstić information content (AvgIpc) is 3.17. The van der Waals surface area contributed by atoms with Crippen LogP contribution in [0, 0.1) is 0 Å². The summed E-state index contributed by atoms with van der Waals surface area (Å²) in [6.45, 7) is 1.97. The summed E-state index contributed by atoms with van der Waals surface area (Å²) in [5.41, 5.74) is 4.37. The van der Waals surface area contributed by atoms with E-state index in [2.05, 4.69) is 15.8 Å². The van der Waals surface area contributed by atoms with Crippen molar-refractivity contribution in [2.24, 2.45) is 5.10 Å². The van der Waals surface area contributed by atoms with Gasteiger partial charge in [0.05, 0.1) is 18.4 Å². The zero-order valence-electron chi connectivity index (χ0n) is 17.6. The standard InChI is InChI=1S/C24H23N3O4S/c1-2-31-24(30)20-18-12-5-6-13-19(18)32-23(20)26-21(28)22(29)27-25-14-16-10-7-9-15-8-3-4-11-17(15)16/h3-4,7-11,14H,2,5-6,12-13H2,1H3,(H,26,28)(H,27,29)/b25-14-. The van der Waals surface area contributed by atoms with E-state index in [-0.39, 0.29) is 6.61 Å². The maximum absolute atomic E-state index is 12.5. The molecule has 32 heavy (non-hydrogen) atoms. The van der Waals surface area contributed by atoms with Crippen LogP contribution in [-0.2, 0) is 27.2 Å². The molecule has 0 bridgehead atoms. The summed E-state index contributed by atoms with van der Waals surface area (Å²) in [6.07, 6.45) is 5.13. The van der Waals surface area contributed by atoms with Gasteiger partial charge in [-0.2, -0.15) is 5.10 Å². The zero-order chi connectivity index (χ0) is 22.5. The number of nitrogens with one attached hydrogen (secondary N) is 2. The highest BCUT2D eigenvalue weighted by Gasteiger charge is 2.28. The second-order valence-corrected chi connectivity index (χ2v) is 8.46. The number of carbonyl (C=O) groups is 3. The predicted octanol–water partition coefficient (Wildman–Crippen LogP) is 4.05. The summed E-state index contributed by atoms with van der Waals surface area (Å²) in [6, 6.07) is 13.6. The van der Waals surface area contributed by atoms with Gasteiger partial charge in [0.2, 0.25) is 0 Å². The molecule has 0 saturated heterocycles. The van der Waals surface area contributed by atoms with E-state index in [1.54, 1.807) is 6.92 Å². The Morgan fingerprint density at radius 2 is 1.84 bits per heavy atom. The molecule has 2 aromatic carbocycles. The minimum Gasteiger partial charge on any atom is -0.462 e. The first-order valence-corrected chi connectivity index (χ1v) is 11.3. The first-order valence-electron chi connectivity index (χ1n) is 10.5. The van der Waals surface area contributed by atoms with Gasteiger partial charge in [0, 0.05) is 10.4 Å². The smallest absolute Gasteiger partial charge is 0.341 e. The Bertz CT molecular complexity index is 1210. The molecule has 1 aromatic heterocycles.